The molecule has 0 fully saturated rings. The number of para-hydroxylation sites is 1. The van der Waals surface area contributed by atoms with E-state index in [9.17, 15) is 4.79 Å². The predicted molar refractivity (Wildman–Crippen MR) is 94.4 cm³/mol. The van der Waals surface area contributed by atoms with Crippen molar-refractivity contribution in [3.05, 3.63) is 59.2 Å². The monoisotopic (exact) mass is 327 g/mol. The lowest BCUT2D eigenvalue weighted by atomic mass is 9.96. The molecule has 2 aromatic rings. The number of thioether (sulfide) groups is 1. The van der Waals surface area contributed by atoms with Gasteiger partial charge in [-0.25, -0.2) is 0 Å². The lowest BCUT2D eigenvalue weighted by Crippen LogP contribution is -2.35. The van der Waals surface area contributed by atoms with Gasteiger partial charge in [0, 0.05) is 22.9 Å². The zero-order chi connectivity index (χ0) is 16.2. The number of ether oxygens (including phenoxy) is 1. The molecule has 1 atom stereocenters. The van der Waals surface area contributed by atoms with E-state index in [1.165, 1.54) is 5.56 Å². The molecule has 1 amide bonds. The van der Waals surface area contributed by atoms with Crippen LogP contribution in [-0.2, 0) is 6.42 Å². The van der Waals surface area contributed by atoms with Crippen molar-refractivity contribution in [1.82, 2.24) is 5.32 Å². The first-order valence-electron chi connectivity index (χ1n) is 7.81. The number of nitrogens with one attached hydrogen (secondary N) is 1. The topological polar surface area (TPSA) is 38.3 Å². The molecule has 0 aromatic heterocycles. The summed E-state index contributed by atoms with van der Waals surface area (Å²) in [6.07, 6.45) is 2.96. The summed E-state index contributed by atoms with van der Waals surface area (Å²) in [5, 5.41) is 3.06. The van der Waals surface area contributed by atoms with Crippen molar-refractivity contribution in [2.75, 3.05) is 19.4 Å². The molecular weight excluding hydrogens is 306 g/mol. The smallest absolute Gasteiger partial charge is 0.251 e. The third-order valence-corrected chi connectivity index (χ3v) is 4.92. The van der Waals surface area contributed by atoms with E-state index >= 15 is 0 Å². The maximum Gasteiger partial charge on any atom is 0.251 e. The Labute approximate surface area is 141 Å². The standard InChI is InChI=1S/C19H21NO2S/c1-13-7-8-16(23-2)10-17(13)19(21)20-11-14-9-15-5-3-4-6-18(15)22-12-14/h3-8,10,14H,9,11-12H2,1-2H3,(H,20,21). The fraction of sp³-hybridized carbons (Fsp3) is 0.316. The van der Waals surface area contributed by atoms with Crippen LogP contribution in [0.2, 0.25) is 0 Å². The average Bonchev–Trinajstić information content (AvgIpc) is 2.60. The Hall–Kier alpha value is -1.94. The van der Waals surface area contributed by atoms with E-state index in [0.29, 0.717) is 19.1 Å². The van der Waals surface area contributed by atoms with Crippen LogP contribution < -0.4 is 10.1 Å². The normalized spacial score (nSPS) is 16.3. The van der Waals surface area contributed by atoms with Crippen molar-refractivity contribution < 1.29 is 9.53 Å². The lowest BCUT2D eigenvalue weighted by molar-refractivity contribution is 0.0938. The van der Waals surface area contributed by atoms with Gasteiger partial charge in [0.1, 0.15) is 5.75 Å². The number of amides is 1. The lowest BCUT2D eigenvalue weighted by Gasteiger charge is -2.25. The number of benzene rings is 2. The number of rotatable bonds is 4. The van der Waals surface area contributed by atoms with Crippen LogP contribution in [0.5, 0.6) is 5.75 Å². The van der Waals surface area contributed by atoms with Crippen molar-refractivity contribution in [2.24, 2.45) is 5.92 Å². The summed E-state index contributed by atoms with van der Waals surface area (Å²) < 4.78 is 5.78. The van der Waals surface area contributed by atoms with Crippen molar-refractivity contribution >= 4 is 17.7 Å². The number of aryl methyl sites for hydroxylation is 1. The van der Waals surface area contributed by atoms with Gasteiger partial charge in [0.15, 0.2) is 0 Å². The Kier molecular flexibility index (Phi) is 4.91. The molecule has 1 N–H and O–H groups in total. The molecule has 0 radical (unpaired) electrons. The van der Waals surface area contributed by atoms with E-state index in [0.717, 1.165) is 28.2 Å². The SMILES string of the molecule is CSc1ccc(C)c(C(=O)NCC2COc3ccccc3C2)c1. The summed E-state index contributed by atoms with van der Waals surface area (Å²) in [5.41, 5.74) is 2.98. The third-order valence-electron chi connectivity index (χ3n) is 4.20. The molecule has 0 spiro atoms. The van der Waals surface area contributed by atoms with Crippen LogP contribution in [0, 0.1) is 12.8 Å². The van der Waals surface area contributed by atoms with Gasteiger partial charge in [-0.2, -0.15) is 0 Å². The van der Waals surface area contributed by atoms with Gasteiger partial charge < -0.3 is 10.1 Å². The van der Waals surface area contributed by atoms with Crippen LogP contribution in [0.15, 0.2) is 47.4 Å². The number of hydrogen-bond donors (Lipinski definition) is 1. The summed E-state index contributed by atoms with van der Waals surface area (Å²) >= 11 is 1.65. The molecular formula is C19H21NO2S. The molecule has 1 heterocycles. The number of carbonyl (C=O) groups is 1. The zero-order valence-corrected chi connectivity index (χ0v) is 14.3. The minimum Gasteiger partial charge on any atom is -0.493 e. The second kappa shape index (κ2) is 7.09. The molecule has 3 rings (SSSR count). The quantitative estimate of drug-likeness (QED) is 0.870. The number of carbonyl (C=O) groups excluding carboxylic acids is 1. The first-order valence-corrected chi connectivity index (χ1v) is 9.03. The van der Waals surface area contributed by atoms with E-state index in [1.807, 2.05) is 49.6 Å². The van der Waals surface area contributed by atoms with E-state index in [4.69, 9.17) is 4.74 Å². The van der Waals surface area contributed by atoms with Gasteiger partial charge in [-0.3, -0.25) is 4.79 Å². The molecule has 0 aliphatic carbocycles. The summed E-state index contributed by atoms with van der Waals surface area (Å²) in [6.45, 7) is 3.26. The number of fused-ring (bicyclic) bond motifs is 1. The zero-order valence-electron chi connectivity index (χ0n) is 13.5. The van der Waals surface area contributed by atoms with Gasteiger partial charge in [0.25, 0.3) is 5.91 Å². The second-order valence-corrected chi connectivity index (χ2v) is 6.76. The van der Waals surface area contributed by atoms with Crippen LogP contribution in [0.3, 0.4) is 0 Å². The van der Waals surface area contributed by atoms with Crippen LogP contribution in [0.4, 0.5) is 0 Å². The molecule has 120 valence electrons. The molecule has 2 aromatic carbocycles. The highest BCUT2D eigenvalue weighted by Crippen LogP contribution is 2.26. The van der Waals surface area contributed by atoms with Gasteiger partial charge in [-0.15, -0.1) is 11.8 Å². The third kappa shape index (κ3) is 3.70. The maximum absolute atomic E-state index is 12.5. The Balaban J connectivity index is 1.62. The van der Waals surface area contributed by atoms with Crippen molar-refractivity contribution in [3.63, 3.8) is 0 Å². The Morgan fingerprint density at radius 2 is 2.13 bits per heavy atom. The molecule has 1 aliphatic rings. The molecule has 0 saturated carbocycles. The van der Waals surface area contributed by atoms with Gasteiger partial charge in [-0.1, -0.05) is 24.3 Å². The summed E-state index contributed by atoms with van der Waals surface area (Å²) in [7, 11) is 0. The van der Waals surface area contributed by atoms with Crippen LogP contribution in [-0.4, -0.2) is 25.3 Å². The second-order valence-electron chi connectivity index (χ2n) is 5.88. The maximum atomic E-state index is 12.5. The molecule has 1 aliphatic heterocycles. The Morgan fingerprint density at radius 3 is 2.96 bits per heavy atom. The van der Waals surface area contributed by atoms with Crippen LogP contribution >= 0.6 is 11.8 Å². The van der Waals surface area contributed by atoms with Crippen LogP contribution in [0.25, 0.3) is 0 Å². The fourth-order valence-corrected chi connectivity index (χ4v) is 3.27. The van der Waals surface area contributed by atoms with E-state index in [2.05, 4.69) is 11.4 Å². The minimum atomic E-state index is -0.00254. The first-order chi connectivity index (χ1) is 11.2. The van der Waals surface area contributed by atoms with Gasteiger partial charge in [-0.05, 0) is 48.9 Å². The van der Waals surface area contributed by atoms with E-state index in [1.54, 1.807) is 11.8 Å². The minimum absolute atomic E-state index is 0.00254. The van der Waals surface area contributed by atoms with Gasteiger partial charge >= 0.3 is 0 Å². The average molecular weight is 327 g/mol. The molecule has 0 saturated heterocycles. The molecule has 4 heteroatoms. The highest BCUT2D eigenvalue weighted by Gasteiger charge is 2.20. The first kappa shape index (κ1) is 15.9. The summed E-state index contributed by atoms with van der Waals surface area (Å²) in [6, 6.07) is 14.1. The van der Waals surface area contributed by atoms with E-state index < -0.39 is 0 Å². The molecule has 1 unspecified atom stereocenters. The highest BCUT2D eigenvalue weighted by atomic mass is 32.2. The van der Waals surface area contributed by atoms with Crippen molar-refractivity contribution in [2.45, 2.75) is 18.2 Å². The van der Waals surface area contributed by atoms with Crippen molar-refractivity contribution in [3.8, 4) is 5.75 Å². The highest BCUT2D eigenvalue weighted by molar-refractivity contribution is 7.98. The molecule has 0 bridgehead atoms. The van der Waals surface area contributed by atoms with Crippen LogP contribution in [0.1, 0.15) is 21.5 Å². The molecule has 3 nitrogen and oxygen atoms in total. The fourth-order valence-electron chi connectivity index (χ4n) is 2.83. The van der Waals surface area contributed by atoms with Crippen molar-refractivity contribution in [1.29, 1.82) is 0 Å². The van der Waals surface area contributed by atoms with Gasteiger partial charge in [0.2, 0.25) is 0 Å². The summed E-state index contributed by atoms with van der Waals surface area (Å²) in [5.74, 6) is 1.29. The summed E-state index contributed by atoms with van der Waals surface area (Å²) in [4.78, 5) is 13.6. The Bertz CT molecular complexity index is 714. The largest absolute Gasteiger partial charge is 0.493 e. The van der Waals surface area contributed by atoms with E-state index in [-0.39, 0.29) is 5.91 Å². The number of hydrogen-bond acceptors (Lipinski definition) is 3. The predicted octanol–water partition coefficient (Wildman–Crippen LogP) is 3.70. The Morgan fingerprint density at radius 1 is 1.30 bits per heavy atom. The molecule has 23 heavy (non-hydrogen) atoms. The van der Waals surface area contributed by atoms with Gasteiger partial charge in [0.05, 0.1) is 6.61 Å².